The van der Waals surface area contributed by atoms with Crippen LogP contribution < -0.4 is 4.31 Å². The van der Waals surface area contributed by atoms with Crippen molar-refractivity contribution in [3.63, 3.8) is 0 Å². The lowest BCUT2D eigenvalue weighted by Crippen LogP contribution is -2.31. The van der Waals surface area contributed by atoms with E-state index < -0.39 is 11.0 Å². The number of hydrogen-bond donors (Lipinski definition) is 0. The minimum Gasteiger partial charge on any atom is -0.290 e. The standard InChI is InChI=1S/C24H16Cl2N2O2S/c1-28-22-10-8-16(4-2-5-17-6-3-11-27-15-17)12-19(22)24(29)23(31(28)30)14-18-7-9-20(25)21(26)13-18/h3,6-15H,5H2,1H3/b23-14+. The van der Waals surface area contributed by atoms with Gasteiger partial charge < -0.3 is 0 Å². The molecule has 1 atom stereocenters. The molecule has 0 radical (unpaired) electrons. The number of nitrogens with zero attached hydrogens (tertiary/aromatic N) is 2. The lowest BCUT2D eigenvalue weighted by atomic mass is 10.0. The maximum absolute atomic E-state index is 13.2. The minimum absolute atomic E-state index is 0.175. The van der Waals surface area contributed by atoms with Crippen molar-refractivity contribution in [2.75, 3.05) is 11.4 Å². The van der Waals surface area contributed by atoms with Gasteiger partial charge in [-0.2, -0.15) is 0 Å². The number of pyridine rings is 1. The quantitative estimate of drug-likeness (QED) is 0.379. The third-order valence-electron chi connectivity index (χ3n) is 4.73. The van der Waals surface area contributed by atoms with E-state index in [1.807, 2.05) is 18.2 Å². The van der Waals surface area contributed by atoms with Crippen LogP contribution in [0.2, 0.25) is 10.0 Å². The molecule has 0 saturated heterocycles. The number of aromatic nitrogens is 1. The molecule has 1 aliphatic rings. The van der Waals surface area contributed by atoms with Gasteiger partial charge >= 0.3 is 0 Å². The SMILES string of the molecule is CN1c2ccc(C#CCc3cccnc3)cc2C(=O)/C(=C\c2ccc(Cl)c(Cl)c2)S1=O. The highest BCUT2D eigenvalue weighted by Gasteiger charge is 2.32. The fraction of sp³-hybridized carbons (Fsp3) is 0.0833. The molecule has 4 nitrogen and oxygen atoms in total. The summed E-state index contributed by atoms with van der Waals surface area (Å²) in [6.45, 7) is 0. The van der Waals surface area contributed by atoms with E-state index in [-0.39, 0.29) is 10.7 Å². The molecule has 1 aromatic heterocycles. The number of halogens is 2. The van der Waals surface area contributed by atoms with E-state index in [9.17, 15) is 9.00 Å². The molecule has 2 heterocycles. The van der Waals surface area contributed by atoms with Gasteiger partial charge in [0, 0.05) is 37.0 Å². The summed E-state index contributed by atoms with van der Waals surface area (Å²) in [5.74, 6) is 5.90. The number of hydrogen-bond acceptors (Lipinski definition) is 3. The maximum Gasteiger partial charge on any atom is 0.205 e. The highest BCUT2D eigenvalue weighted by atomic mass is 35.5. The van der Waals surface area contributed by atoms with Crippen molar-refractivity contribution in [3.05, 3.63) is 98.1 Å². The molecular formula is C24H16Cl2N2O2S. The van der Waals surface area contributed by atoms with Gasteiger partial charge in [-0.15, -0.1) is 0 Å². The fourth-order valence-electron chi connectivity index (χ4n) is 3.14. The van der Waals surface area contributed by atoms with Crippen LogP contribution in [0.3, 0.4) is 0 Å². The van der Waals surface area contributed by atoms with Gasteiger partial charge in [-0.25, -0.2) is 4.21 Å². The minimum atomic E-state index is -1.64. The van der Waals surface area contributed by atoms with Gasteiger partial charge in [-0.05, 0) is 53.6 Å². The lowest BCUT2D eigenvalue weighted by Gasteiger charge is -2.27. The largest absolute Gasteiger partial charge is 0.290 e. The molecule has 4 rings (SSSR count). The van der Waals surface area contributed by atoms with Crippen LogP contribution in [0.4, 0.5) is 5.69 Å². The third kappa shape index (κ3) is 4.57. The van der Waals surface area contributed by atoms with Crippen molar-refractivity contribution in [3.8, 4) is 11.8 Å². The Hall–Kier alpha value is -2.91. The first-order valence-corrected chi connectivity index (χ1v) is 11.2. The Morgan fingerprint density at radius 3 is 2.71 bits per heavy atom. The van der Waals surface area contributed by atoms with Crippen LogP contribution in [0.15, 0.2) is 65.8 Å². The smallest absolute Gasteiger partial charge is 0.205 e. The highest BCUT2D eigenvalue weighted by molar-refractivity contribution is 7.91. The Bertz CT molecular complexity index is 1290. The molecule has 0 spiro atoms. The summed E-state index contributed by atoms with van der Waals surface area (Å²) >= 11 is 12.0. The molecule has 2 aromatic carbocycles. The first kappa shape index (κ1) is 21.3. The molecule has 0 N–H and O–H groups in total. The number of fused-ring (bicyclic) bond motifs is 1. The number of carbonyl (C=O) groups is 1. The van der Waals surface area contributed by atoms with E-state index in [1.165, 1.54) is 0 Å². The number of anilines is 1. The lowest BCUT2D eigenvalue weighted by molar-refractivity contribution is 0.104. The Balaban J connectivity index is 1.67. The second-order valence-corrected chi connectivity index (χ2v) is 9.13. The number of ketones is 1. The predicted octanol–water partition coefficient (Wildman–Crippen LogP) is 5.32. The summed E-state index contributed by atoms with van der Waals surface area (Å²) in [4.78, 5) is 17.4. The summed E-state index contributed by atoms with van der Waals surface area (Å²) in [7, 11) is 0.0546. The van der Waals surface area contributed by atoms with Crippen LogP contribution in [-0.2, 0) is 17.4 Å². The molecule has 7 heteroatoms. The maximum atomic E-state index is 13.2. The average molecular weight is 467 g/mol. The molecule has 1 unspecified atom stereocenters. The normalized spacial score (nSPS) is 16.6. The van der Waals surface area contributed by atoms with Gasteiger partial charge in [-0.1, -0.05) is 47.2 Å². The average Bonchev–Trinajstić information content (AvgIpc) is 2.78. The second kappa shape index (κ2) is 9.07. The Morgan fingerprint density at radius 1 is 1.13 bits per heavy atom. The van der Waals surface area contributed by atoms with Gasteiger partial charge in [0.15, 0.2) is 11.0 Å². The van der Waals surface area contributed by atoms with E-state index in [0.717, 1.165) is 5.56 Å². The summed E-state index contributed by atoms with van der Waals surface area (Å²) in [6.07, 6.45) is 5.64. The molecule has 0 saturated carbocycles. The number of carbonyl (C=O) groups excluding carboxylic acids is 1. The van der Waals surface area contributed by atoms with E-state index >= 15 is 0 Å². The first-order valence-electron chi connectivity index (χ1n) is 9.33. The van der Waals surface area contributed by atoms with Crippen molar-refractivity contribution in [2.24, 2.45) is 0 Å². The van der Waals surface area contributed by atoms with Gasteiger partial charge in [-0.3, -0.25) is 14.1 Å². The fourth-order valence-corrected chi connectivity index (χ4v) is 4.58. The van der Waals surface area contributed by atoms with Crippen LogP contribution in [0.1, 0.15) is 27.0 Å². The second-order valence-electron chi connectivity index (χ2n) is 6.83. The van der Waals surface area contributed by atoms with Gasteiger partial charge in [0.1, 0.15) is 4.91 Å². The Morgan fingerprint density at radius 2 is 1.97 bits per heavy atom. The van der Waals surface area contributed by atoms with E-state index in [0.29, 0.717) is 38.8 Å². The number of benzene rings is 2. The van der Waals surface area contributed by atoms with Crippen LogP contribution >= 0.6 is 23.2 Å². The molecule has 0 amide bonds. The van der Waals surface area contributed by atoms with Crippen LogP contribution in [0.5, 0.6) is 0 Å². The van der Waals surface area contributed by atoms with Crippen molar-refractivity contribution in [1.29, 1.82) is 0 Å². The zero-order valence-electron chi connectivity index (χ0n) is 16.4. The van der Waals surface area contributed by atoms with Crippen molar-refractivity contribution in [2.45, 2.75) is 6.42 Å². The highest BCUT2D eigenvalue weighted by Crippen LogP contribution is 2.34. The predicted molar refractivity (Wildman–Crippen MR) is 127 cm³/mol. The number of Topliss-reactive ketones (excluding diaryl/α,β-unsaturated/α-hetero) is 1. The monoisotopic (exact) mass is 466 g/mol. The molecule has 31 heavy (non-hydrogen) atoms. The van der Waals surface area contributed by atoms with E-state index in [2.05, 4.69) is 16.8 Å². The zero-order chi connectivity index (χ0) is 22.0. The first-order chi connectivity index (χ1) is 14.9. The van der Waals surface area contributed by atoms with E-state index in [4.69, 9.17) is 23.2 Å². The number of allylic oxidation sites excluding steroid dienone is 1. The summed E-state index contributed by atoms with van der Waals surface area (Å²) in [6, 6.07) is 14.2. The molecular weight excluding hydrogens is 451 g/mol. The van der Waals surface area contributed by atoms with Crippen molar-refractivity contribution < 1.29 is 9.00 Å². The Labute approximate surface area is 193 Å². The number of rotatable bonds is 2. The molecule has 3 aromatic rings. The van der Waals surface area contributed by atoms with E-state index in [1.54, 1.807) is 60.2 Å². The molecule has 0 aliphatic carbocycles. The van der Waals surface area contributed by atoms with Gasteiger partial charge in [0.2, 0.25) is 5.78 Å². The van der Waals surface area contributed by atoms with Crippen molar-refractivity contribution >= 4 is 51.7 Å². The third-order valence-corrected chi connectivity index (χ3v) is 6.84. The summed E-state index contributed by atoms with van der Waals surface area (Å²) in [5, 5.41) is 0.780. The topological polar surface area (TPSA) is 50.3 Å². The Kier molecular flexibility index (Phi) is 6.24. The van der Waals surface area contributed by atoms with Crippen LogP contribution in [0, 0.1) is 11.8 Å². The van der Waals surface area contributed by atoms with Gasteiger partial charge in [0.05, 0.1) is 15.7 Å². The van der Waals surface area contributed by atoms with Crippen LogP contribution in [-0.4, -0.2) is 22.0 Å². The molecule has 0 fully saturated rings. The van der Waals surface area contributed by atoms with Crippen molar-refractivity contribution in [1.82, 2.24) is 4.98 Å². The molecule has 154 valence electrons. The van der Waals surface area contributed by atoms with Crippen LogP contribution in [0.25, 0.3) is 6.08 Å². The summed E-state index contributed by atoms with van der Waals surface area (Å²) < 4.78 is 14.5. The molecule has 1 aliphatic heterocycles. The van der Waals surface area contributed by atoms with Gasteiger partial charge in [0.25, 0.3) is 0 Å². The zero-order valence-corrected chi connectivity index (χ0v) is 18.8. The molecule has 0 bridgehead atoms. The summed E-state index contributed by atoms with van der Waals surface area (Å²) in [5.41, 5.74) is 3.45.